The topological polar surface area (TPSA) is 75.0 Å². The van der Waals surface area contributed by atoms with Crippen LogP contribution >= 0.6 is 0 Å². The van der Waals surface area contributed by atoms with Crippen LogP contribution in [-0.2, 0) is 4.74 Å². The Kier molecular flexibility index (Phi) is 5.70. The molecule has 0 atom stereocenters. The monoisotopic (exact) mass is 405 g/mol. The zero-order valence-corrected chi connectivity index (χ0v) is 16.7. The van der Waals surface area contributed by atoms with Crippen LogP contribution in [0, 0.1) is 0 Å². The van der Waals surface area contributed by atoms with E-state index in [9.17, 15) is 9.59 Å². The third-order valence-electron chi connectivity index (χ3n) is 5.15. The van der Waals surface area contributed by atoms with Gasteiger partial charge in [0.05, 0.1) is 30.3 Å². The maximum Gasteiger partial charge on any atom is 0.337 e. The number of furan rings is 1. The molecular weight excluding hydrogens is 382 g/mol. The van der Waals surface area contributed by atoms with Crippen LogP contribution in [-0.4, -0.2) is 45.2 Å². The number of esters is 1. The number of ether oxygens (including phenoxy) is 1. The summed E-state index contributed by atoms with van der Waals surface area (Å²) in [4.78, 5) is 29.1. The van der Waals surface area contributed by atoms with Crippen LogP contribution in [0.1, 0.15) is 20.9 Å². The molecule has 7 heteroatoms. The zero-order chi connectivity index (χ0) is 20.9. The molecule has 2 aromatic carbocycles. The molecule has 1 aliphatic heterocycles. The number of nitrogens with zero attached hydrogens (tertiary/aromatic N) is 2. The number of hydrogen-bond acceptors (Lipinski definition) is 6. The van der Waals surface area contributed by atoms with E-state index in [0.29, 0.717) is 11.3 Å². The Bertz CT molecular complexity index is 1010. The highest BCUT2D eigenvalue weighted by Crippen LogP contribution is 2.30. The summed E-state index contributed by atoms with van der Waals surface area (Å²) in [6.45, 7) is 3.29. The lowest BCUT2D eigenvalue weighted by Crippen LogP contribution is -2.46. The number of methoxy groups -OCH3 is 1. The van der Waals surface area contributed by atoms with E-state index in [-0.39, 0.29) is 11.7 Å². The number of rotatable bonds is 5. The molecule has 0 spiro atoms. The van der Waals surface area contributed by atoms with Gasteiger partial charge in [-0.15, -0.1) is 0 Å². The Labute approximate surface area is 174 Å². The normalized spacial score (nSPS) is 13.8. The van der Waals surface area contributed by atoms with Crippen LogP contribution in [0.5, 0.6) is 0 Å². The second-order valence-corrected chi connectivity index (χ2v) is 6.96. The van der Waals surface area contributed by atoms with Crippen molar-refractivity contribution >= 4 is 28.9 Å². The van der Waals surface area contributed by atoms with Crippen LogP contribution in [0.4, 0.5) is 17.1 Å². The molecule has 0 aliphatic carbocycles. The van der Waals surface area contributed by atoms with Crippen molar-refractivity contribution in [2.75, 3.05) is 48.4 Å². The maximum absolute atomic E-state index is 12.6. The first kappa shape index (κ1) is 19.6. The Morgan fingerprint density at radius 2 is 1.67 bits per heavy atom. The first-order chi connectivity index (χ1) is 14.7. The fraction of sp³-hybridized carbons (Fsp3) is 0.217. The molecule has 1 N–H and O–H groups in total. The average molecular weight is 405 g/mol. The molecular formula is C23H23N3O4. The van der Waals surface area contributed by atoms with Gasteiger partial charge in [-0.3, -0.25) is 4.79 Å². The Balaban J connectivity index is 1.56. The van der Waals surface area contributed by atoms with Gasteiger partial charge in [0.2, 0.25) is 0 Å². The number of amides is 1. The quantitative estimate of drug-likeness (QED) is 0.653. The van der Waals surface area contributed by atoms with Crippen LogP contribution in [0.2, 0.25) is 0 Å². The van der Waals surface area contributed by atoms with E-state index in [4.69, 9.17) is 9.15 Å². The summed E-state index contributed by atoms with van der Waals surface area (Å²) in [5.74, 6) is -0.617. The van der Waals surface area contributed by atoms with Gasteiger partial charge < -0.3 is 24.3 Å². The minimum Gasteiger partial charge on any atom is -0.465 e. The number of carbonyl (C=O) groups excluding carboxylic acids is 2. The number of hydrogen-bond donors (Lipinski definition) is 1. The molecule has 1 amide bonds. The molecule has 1 aromatic heterocycles. The lowest BCUT2D eigenvalue weighted by atomic mass is 10.1. The molecule has 0 saturated carbocycles. The van der Waals surface area contributed by atoms with Crippen molar-refractivity contribution < 1.29 is 18.7 Å². The van der Waals surface area contributed by atoms with E-state index in [0.717, 1.165) is 31.9 Å². The minimum atomic E-state index is -0.455. The third-order valence-corrected chi connectivity index (χ3v) is 5.15. The van der Waals surface area contributed by atoms with Crippen molar-refractivity contribution in [3.05, 3.63) is 78.3 Å². The molecule has 0 bridgehead atoms. The first-order valence-electron chi connectivity index (χ1n) is 9.78. The Morgan fingerprint density at radius 1 is 0.933 bits per heavy atom. The van der Waals surface area contributed by atoms with Crippen molar-refractivity contribution in [1.82, 2.24) is 0 Å². The molecule has 4 rings (SSSR count). The van der Waals surface area contributed by atoms with Gasteiger partial charge in [-0.2, -0.15) is 0 Å². The summed E-state index contributed by atoms with van der Waals surface area (Å²) < 4.78 is 10.0. The Hall–Kier alpha value is -3.74. The molecule has 154 valence electrons. The molecule has 0 unspecified atom stereocenters. The van der Waals surface area contributed by atoms with E-state index in [1.807, 2.05) is 24.3 Å². The fourth-order valence-corrected chi connectivity index (χ4v) is 3.59. The van der Waals surface area contributed by atoms with Crippen molar-refractivity contribution in [2.45, 2.75) is 0 Å². The summed E-state index contributed by atoms with van der Waals surface area (Å²) in [6, 6.07) is 18.8. The summed E-state index contributed by atoms with van der Waals surface area (Å²) in [6.07, 6.45) is 1.45. The van der Waals surface area contributed by atoms with Crippen LogP contribution in [0.25, 0.3) is 0 Å². The number of carbonyl (C=O) groups is 2. The summed E-state index contributed by atoms with van der Waals surface area (Å²) in [7, 11) is 1.33. The van der Waals surface area contributed by atoms with Crippen molar-refractivity contribution in [2.24, 2.45) is 0 Å². The largest absolute Gasteiger partial charge is 0.465 e. The van der Waals surface area contributed by atoms with Gasteiger partial charge in [-0.25, -0.2) is 4.79 Å². The molecule has 3 aromatic rings. The van der Waals surface area contributed by atoms with E-state index in [1.54, 1.807) is 24.3 Å². The van der Waals surface area contributed by atoms with E-state index < -0.39 is 5.97 Å². The Morgan fingerprint density at radius 3 is 2.33 bits per heavy atom. The van der Waals surface area contributed by atoms with Crippen molar-refractivity contribution in [3.63, 3.8) is 0 Å². The highest BCUT2D eigenvalue weighted by Gasteiger charge is 2.22. The number of anilines is 3. The SMILES string of the molecule is COC(=O)c1ccc(N2CCN(c3ccccc3)CC2)c(NC(=O)c2ccco2)c1. The second-order valence-electron chi connectivity index (χ2n) is 6.96. The van der Waals surface area contributed by atoms with E-state index in [1.165, 1.54) is 19.1 Å². The third kappa shape index (κ3) is 4.15. The molecule has 1 saturated heterocycles. The van der Waals surface area contributed by atoms with Gasteiger partial charge in [0.25, 0.3) is 5.91 Å². The summed E-state index contributed by atoms with van der Waals surface area (Å²) in [5.41, 5.74) is 2.98. The predicted octanol–water partition coefficient (Wildman–Crippen LogP) is 3.65. The van der Waals surface area contributed by atoms with Gasteiger partial charge in [0.1, 0.15) is 0 Å². The van der Waals surface area contributed by atoms with E-state index >= 15 is 0 Å². The van der Waals surface area contributed by atoms with Gasteiger partial charge in [-0.05, 0) is 42.5 Å². The zero-order valence-electron chi connectivity index (χ0n) is 16.7. The molecule has 2 heterocycles. The van der Waals surface area contributed by atoms with E-state index in [2.05, 4.69) is 27.2 Å². The average Bonchev–Trinajstić information content (AvgIpc) is 3.34. The molecule has 1 aliphatic rings. The van der Waals surface area contributed by atoms with Crippen LogP contribution < -0.4 is 15.1 Å². The highest BCUT2D eigenvalue weighted by atomic mass is 16.5. The lowest BCUT2D eigenvalue weighted by Gasteiger charge is -2.38. The highest BCUT2D eigenvalue weighted by molar-refractivity contribution is 6.05. The first-order valence-corrected chi connectivity index (χ1v) is 9.78. The molecule has 0 radical (unpaired) electrons. The lowest BCUT2D eigenvalue weighted by molar-refractivity contribution is 0.0600. The number of nitrogens with one attached hydrogen (secondary N) is 1. The predicted molar refractivity (Wildman–Crippen MR) is 115 cm³/mol. The maximum atomic E-state index is 12.6. The standard InChI is InChI=1S/C23H23N3O4/c1-29-23(28)17-9-10-20(19(16-17)24-22(27)21-8-5-15-30-21)26-13-11-25(12-14-26)18-6-3-2-4-7-18/h2-10,15-16H,11-14H2,1H3,(H,24,27). The fourth-order valence-electron chi connectivity index (χ4n) is 3.59. The van der Waals surface area contributed by atoms with Crippen molar-refractivity contribution in [3.8, 4) is 0 Å². The number of piperazine rings is 1. The summed E-state index contributed by atoms with van der Waals surface area (Å²) in [5, 5.41) is 2.88. The summed E-state index contributed by atoms with van der Waals surface area (Å²) >= 11 is 0. The van der Waals surface area contributed by atoms with Gasteiger partial charge >= 0.3 is 5.97 Å². The number of benzene rings is 2. The van der Waals surface area contributed by atoms with Crippen LogP contribution in [0.15, 0.2) is 71.3 Å². The molecule has 7 nitrogen and oxygen atoms in total. The number of para-hydroxylation sites is 1. The van der Waals surface area contributed by atoms with Crippen LogP contribution in [0.3, 0.4) is 0 Å². The minimum absolute atomic E-state index is 0.207. The second kappa shape index (κ2) is 8.73. The van der Waals surface area contributed by atoms with Crippen molar-refractivity contribution in [1.29, 1.82) is 0 Å². The van der Waals surface area contributed by atoms with Gasteiger partial charge in [0.15, 0.2) is 5.76 Å². The van der Waals surface area contributed by atoms with Gasteiger partial charge in [0, 0.05) is 31.9 Å². The smallest absolute Gasteiger partial charge is 0.337 e. The molecule has 1 fully saturated rings. The van der Waals surface area contributed by atoms with Gasteiger partial charge in [-0.1, -0.05) is 18.2 Å². The molecule has 30 heavy (non-hydrogen) atoms.